The molecule has 0 unspecified atom stereocenters. The highest BCUT2D eigenvalue weighted by molar-refractivity contribution is 6.47. The van der Waals surface area contributed by atoms with Gasteiger partial charge < -0.3 is 4.98 Å². The molecule has 8 heavy (non-hydrogen) atoms. The molecule has 0 fully saturated rings. The van der Waals surface area contributed by atoms with Gasteiger partial charge >= 0.3 is 0 Å². The van der Waals surface area contributed by atoms with Crippen molar-refractivity contribution < 1.29 is 0 Å². The molecule has 1 aromatic rings. The Morgan fingerprint density at radius 2 is 1.88 bits per heavy atom. The van der Waals surface area contributed by atoms with E-state index >= 15 is 0 Å². The Balaban J connectivity index is 3.19. The molecule has 0 radical (unpaired) electrons. The van der Waals surface area contributed by atoms with Gasteiger partial charge in [0, 0.05) is 6.20 Å². The molecule has 0 aliphatic carbocycles. The number of aromatic nitrogens is 1. The first-order chi connectivity index (χ1) is 3.72. The number of halogens is 3. The second kappa shape index (κ2) is 2.18. The molecule has 0 atom stereocenters. The Morgan fingerprint density at radius 1 is 1.25 bits per heavy atom. The van der Waals surface area contributed by atoms with Crippen LogP contribution in [0.5, 0.6) is 0 Å². The smallest absolute Gasteiger partial charge is 0.126 e. The molecule has 1 nitrogen and oxygen atoms in total. The minimum absolute atomic E-state index is 0.383. The van der Waals surface area contributed by atoms with Crippen LogP contribution in [0.15, 0.2) is 6.20 Å². The van der Waals surface area contributed by atoms with Crippen LogP contribution in [-0.2, 0) is 0 Å². The maximum absolute atomic E-state index is 5.50. The topological polar surface area (TPSA) is 15.8 Å². The van der Waals surface area contributed by atoms with E-state index in [0.717, 1.165) is 0 Å². The first-order valence-electron chi connectivity index (χ1n) is 1.89. The molecular weight excluding hydrogens is 168 g/mol. The van der Waals surface area contributed by atoms with Gasteiger partial charge in [0.2, 0.25) is 0 Å². The van der Waals surface area contributed by atoms with Crippen molar-refractivity contribution in [2.75, 3.05) is 0 Å². The van der Waals surface area contributed by atoms with Gasteiger partial charge in [-0.05, 0) is 0 Å². The lowest BCUT2D eigenvalue weighted by atomic mass is 10.7. The Bertz CT molecular complexity index is 174. The highest BCUT2D eigenvalue weighted by Gasteiger charge is 2.01. The highest BCUT2D eigenvalue weighted by atomic mass is 35.5. The van der Waals surface area contributed by atoms with Crippen molar-refractivity contribution in [3.05, 3.63) is 21.4 Å². The fraction of sp³-hybridized carbons (Fsp3) is 0. The Morgan fingerprint density at radius 3 is 2.00 bits per heavy atom. The predicted molar refractivity (Wildman–Crippen MR) is 35.8 cm³/mol. The zero-order valence-corrected chi connectivity index (χ0v) is 5.98. The number of aromatic amines is 1. The summed E-state index contributed by atoms with van der Waals surface area (Å²) in [6.45, 7) is 0. The minimum atomic E-state index is 0.383. The summed E-state index contributed by atoms with van der Waals surface area (Å²) >= 11 is 16.4. The summed E-state index contributed by atoms with van der Waals surface area (Å²) < 4.78 is 0. The summed E-state index contributed by atoms with van der Waals surface area (Å²) in [6.07, 6.45) is 1.53. The van der Waals surface area contributed by atoms with E-state index in [9.17, 15) is 0 Å². The molecule has 0 bridgehead atoms. The molecule has 4 heteroatoms. The summed E-state index contributed by atoms with van der Waals surface area (Å²) in [5.74, 6) is 0. The van der Waals surface area contributed by atoms with Gasteiger partial charge in [-0.3, -0.25) is 0 Å². The monoisotopic (exact) mass is 169 g/mol. The van der Waals surface area contributed by atoms with Gasteiger partial charge in [0.1, 0.15) is 5.15 Å². The van der Waals surface area contributed by atoms with Crippen molar-refractivity contribution in [2.24, 2.45) is 0 Å². The quantitative estimate of drug-likeness (QED) is 0.616. The molecule has 1 rings (SSSR count). The highest BCUT2D eigenvalue weighted by Crippen LogP contribution is 2.28. The van der Waals surface area contributed by atoms with Gasteiger partial charge in [0.25, 0.3) is 0 Å². The van der Waals surface area contributed by atoms with Crippen molar-refractivity contribution in [1.29, 1.82) is 0 Å². The number of hydrogen-bond donors (Lipinski definition) is 1. The summed E-state index contributed by atoms with van der Waals surface area (Å²) in [6, 6.07) is 0. The molecule has 0 aliphatic rings. The molecule has 0 amide bonds. The van der Waals surface area contributed by atoms with Crippen molar-refractivity contribution in [1.82, 2.24) is 4.98 Å². The van der Waals surface area contributed by atoms with Crippen LogP contribution >= 0.6 is 34.8 Å². The zero-order chi connectivity index (χ0) is 6.15. The third-order valence-corrected chi connectivity index (χ3v) is 1.91. The largest absolute Gasteiger partial charge is 0.350 e. The molecule has 1 heterocycles. The molecule has 0 saturated heterocycles. The molecule has 0 spiro atoms. The van der Waals surface area contributed by atoms with E-state index in [-0.39, 0.29) is 0 Å². The second-order valence-electron chi connectivity index (χ2n) is 1.26. The summed E-state index contributed by atoms with van der Waals surface area (Å²) in [5, 5.41) is 1.22. The number of rotatable bonds is 0. The van der Waals surface area contributed by atoms with Crippen LogP contribution in [0.4, 0.5) is 0 Å². The van der Waals surface area contributed by atoms with E-state index in [0.29, 0.717) is 15.2 Å². The SMILES string of the molecule is Clc1c[nH]c(Cl)c1Cl. The standard InChI is InChI=1S/C4H2Cl3N/c5-2-1-8-4(7)3(2)6/h1,8H. The Kier molecular flexibility index (Phi) is 1.71. The van der Waals surface area contributed by atoms with Crippen LogP contribution in [0.1, 0.15) is 0 Å². The lowest BCUT2D eigenvalue weighted by Crippen LogP contribution is -1.55. The van der Waals surface area contributed by atoms with Gasteiger partial charge in [-0.2, -0.15) is 0 Å². The van der Waals surface area contributed by atoms with Gasteiger partial charge in [0.05, 0.1) is 10.0 Å². The van der Waals surface area contributed by atoms with Crippen LogP contribution in [0.2, 0.25) is 15.2 Å². The van der Waals surface area contributed by atoms with Crippen molar-refractivity contribution >= 4 is 34.8 Å². The van der Waals surface area contributed by atoms with Crippen molar-refractivity contribution in [3.8, 4) is 0 Å². The lowest BCUT2D eigenvalue weighted by Gasteiger charge is -1.79. The Labute approximate surface area is 61.6 Å². The third-order valence-electron chi connectivity index (χ3n) is 0.728. The van der Waals surface area contributed by atoms with Crippen molar-refractivity contribution in [3.63, 3.8) is 0 Å². The normalized spacial score (nSPS) is 9.88. The minimum Gasteiger partial charge on any atom is -0.350 e. The number of H-pyrrole nitrogens is 1. The van der Waals surface area contributed by atoms with E-state index < -0.39 is 0 Å². The van der Waals surface area contributed by atoms with Crippen molar-refractivity contribution in [2.45, 2.75) is 0 Å². The van der Waals surface area contributed by atoms with Crippen LogP contribution in [0.25, 0.3) is 0 Å². The van der Waals surface area contributed by atoms with Crippen LogP contribution in [0.3, 0.4) is 0 Å². The van der Waals surface area contributed by atoms with Crippen LogP contribution in [0, 0.1) is 0 Å². The molecular formula is C4H2Cl3N. The first-order valence-corrected chi connectivity index (χ1v) is 3.03. The zero-order valence-electron chi connectivity index (χ0n) is 3.71. The van der Waals surface area contributed by atoms with Crippen LogP contribution in [-0.4, -0.2) is 4.98 Å². The van der Waals surface area contributed by atoms with E-state index in [4.69, 9.17) is 34.8 Å². The summed E-state index contributed by atoms with van der Waals surface area (Å²) in [7, 11) is 0. The predicted octanol–water partition coefficient (Wildman–Crippen LogP) is 2.97. The average Bonchev–Trinajstić information content (AvgIpc) is 1.98. The second-order valence-corrected chi connectivity index (χ2v) is 2.43. The van der Waals surface area contributed by atoms with Gasteiger partial charge in [-0.15, -0.1) is 0 Å². The molecule has 0 saturated carbocycles. The maximum Gasteiger partial charge on any atom is 0.126 e. The molecule has 0 aliphatic heterocycles. The summed E-state index contributed by atoms with van der Waals surface area (Å²) in [5.41, 5.74) is 0. The van der Waals surface area contributed by atoms with E-state index in [1.165, 1.54) is 6.20 Å². The summed E-state index contributed by atoms with van der Waals surface area (Å²) in [4.78, 5) is 2.64. The van der Waals surface area contributed by atoms with Gasteiger partial charge in [-0.1, -0.05) is 34.8 Å². The number of nitrogens with one attached hydrogen (secondary N) is 1. The molecule has 0 aromatic carbocycles. The van der Waals surface area contributed by atoms with Crippen LogP contribution < -0.4 is 0 Å². The van der Waals surface area contributed by atoms with Gasteiger partial charge in [-0.25, -0.2) is 0 Å². The first kappa shape index (κ1) is 6.27. The molecule has 1 aromatic heterocycles. The number of hydrogen-bond acceptors (Lipinski definition) is 0. The fourth-order valence-electron chi connectivity index (χ4n) is 0.358. The fourth-order valence-corrected chi connectivity index (χ4v) is 0.821. The third kappa shape index (κ3) is 0.943. The van der Waals surface area contributed by atoms with E-state index in [1.54, 1.807) is 0 Å². The van der Waals surface area contributed by atoms with E-state index in [1.807, 2.05) is 0 Å². The molecule has 1 N–H and O–H groups in total. The molecule has 44 valence electrons. The van der Waals surface area contributed by atoms with Gasteiger partial charge in [0.15, 0.2) is 0 Å². The Hall–Kier alpha value is 0.150. The van der Waals surface area contributed by atoms with E-state index in [2.05, 4.69) is 4.98 Å². The average molecular weight is 170 g/mol. The lowest BCUT2D eigenvalue weighted by molar-refractivity contribution is 1.41. The maximum atomic E-state index is 5.50.